The zero-order valence-corrected chi connectivity index (χ0v) is 20.5. The molecule has 1 saturated heterocycles. The van der Waals surface area contributed by atoms with Gasteiger partial charge in [0, 0.05) is 32.7 Å². The number of morpholine rings is 1. The summed E-state index contributed by atoms with van der Waals surface area (Å²) >= 11 is 0. The van der Waals surface area contributed by atoms with Crippen LogP contribution in [0.1, 0.15) is 18.9 Å². The van der Waals surface area contributed by atoms with Gasteiger partial charge >= 0.3 is 0 Å². The van der Waals surface area contributed by atoms with Gasteiger partial charge in [-0.3, -0.25) is 4.90 Å². The fraction of sp³-hybridized carbons (Fsp3) is 0.667. The minimum Gasteiger partial charge on any atom is -0.492 e. The van der Waals surface area contributed by atoms with Crippen molar-refractivity contribution < 1.29 is 9.47 Å². The summed E-state index contributed by atoms with van der Waals surface area (Å²) in [5, 5.41) is 6.76. The number of hydrogen-bond donors (Lipinski definition) is 2. The molecule has 0 radical (unpaired) electrons. The van der Waals surface area contributed by atoms with E-state index in [1.165, 1.54) is 0 Å². The zero-order valence-electron chi connectivity index (χ0n) is 18.2. The number of halogens is 1. The van der Waals surface area contributed by atoms with Gasteiger partial charge in [0.25, 0.3) is 0 Å². The van der Waals surface area contributed by atoms with Crippen LogP contribution in [0.15, 0.2) is 29.3 Å². The Morgan fingerprint density at radius 2 is 2.03 bits per heavy atom. The van der Waals surface area contributed by atoms with Gasteiger partial charge < -0.3 is 25.0 Å². The predicted molar refractivity (Wildman–Crippen MR) is 131 cm³/mol. The first-order valence-corrected chi connectivity index (χ1v) is 10.4. The predicted octanol–water partition coefficient (Wildman–Crippen LogP) is 2.02. The van der Waals surface area contributed by atoms with Crippen molar-refractivity contribution in [1.29, 1.82) is 0 Å². The third-order valence-corrected chi connectivity index (χ3v) is 4.52. The summed E-state index contributed by atoms with van der Waals surface area (Å²) in [5.41, 5.74) is 1.15. The number of guanidine groups is 1. The van der Waals surface area contributed by atoms with Crippen LogP contribution in [-0.2, 0) is 11.3 Å². The molecule has 0 atom stereocenters. The van der Waals surface area contributed by atoms with Crippen LogP contribution >= 0.6 is 24.0 Å². The molecule has 8 heteroatoms. The summed E-state index contributed by atoms with van der Waals surface area (Å²) in [5.74, 6) is 1.77. The number of likely N-dealkylation sites (N-methyl/N-ethyl adjacent to an activating group) is 1. The van der Waals surface area contributed by atoms with Gasteiger partial charge in [-0.25, -0.2) is 4.99 Å². The molecule has 1 aliphatic heterocycles. The van der Waals surface area contributed by atoms with Crippen molar-refractivity contribution in [3.63, 3.8) is 0 Å². The van der Waals surface area contributed by atoms with Crippen molar-refractivity contribution in [3.8, 4) is 5.75 Å². The summed E-state index contributed by atoms with van der Waals surface area (Å²) in [7, 11) is 4.09. The number of aliphatic imine (C=N–C) groups is 1. The topological polar surface area (TPSA) is 61.4 Å². The standard InChI is InChI=1S/C21H37N5O2.HI/c1-4-22-21(23-9-6-10-26-12-14-27-15-13-26)24-18-19-7-5-8-20(17-19)28-16-11-25(2)3;/h5,7-8,17H,4,6,9-16,18H2,1-3H3,(H2,22,23,24);1H. The number of nitrogens with zero attached hydrogens (tertiary/aromatic N) is 3. The number of hydrogen-bond acceptors (Lipinski definition) is 5. The molecule has 0 aliphatic carbocycles. The molecule has 29 heavy (non-hydrogen) atoms. The Labute approximate surface area is 193 Å². The summed E-state index contributed by atoms with van der Waals surface area (Å²) in [6.45, 7) is 11.0. The average Bonchev–Trinajstić information content (AvgIpc) is 2.70. The van der Waals surface area contributed by atoms with Crippen molar-refractivity contribution in [2.75, 3.05) is 73.2 Å². The first kappa shape index (κ1) is 25.9. The highest BCUT2D eigenvalue weighted by Gasteiger charge is 2.09. The molecule has 1 aromatic carbocycles. The Morgan fingerprint density at radius 1 is 1.24 bits per heavy atom. The lowest BCUT2D eigenvalue weighted by Crippen LogP contribution is -2.40. The molecular weight excluding hydrogens is 481 g/mol. The Bertz CT molecular complexity index is 580. The average molecular weight is 519 g/mol. The first-order valence-electron chi connectivity index (χ1n) is 10.4. The van der Waals surface area contributed by atoms with Crippen LogP contribution in [0.5, 0.6) is 5.75 Å². The lowest BCUT2D eigenvalue weighted by Gasteiger charge is -2.26. The smallest absolute Gasteiger partial charge is 0.191 e. The Morgan fingerprint density at radius 3 is 2.76 bits per heavy atom. The van der Waals surface area contributed by atoms with E-state index >= 15 is 0 Å². The van der Waals surface area contributed by atoms with Gasteiger partial charge in [0.1, 0.15) is 12.4 Å². The van der Waals surface area contributed by atoms with E-state index in [0.717, 1.165) is 76.2 Å². The SMILES string of the molecule is CCNC(=NCc1cccc(OCCN(C)C)c1)NCCCN1CCOCC1.I. The first-order chi connectivity index (χ1) is 13.7. The maximum absolute atomic E-state index is 5.81. The molecule has 2 N–H and O–H groups in total. The van der Waals surface area contributed by atoms with Gasteiger partial charge in [0.2, 0.25) is 0 Å². The minimum absolute atomic E-state index is 0. The van der Waals surface area contributed by atoms with Gasteiger partial charge in [0.15, 0.2) is 5.96 Å². The van der Waals surface area contributed by atoms with Crippen LogP contribution < -0.4 is 15.4 Å². The van der Waals surface area contributed by atoms with Gasteiger partial charge in [-0.05, 0) is 51.7 Å². The molecular formula is C21H38IN5O2. The molecule has 0 aromatic heterocycles. The number of ether oxygens (including phenoxy) is 2. The summed E-state index contributed by atoms with van der Waals surface area (Å²) < 4.78 is 11.2. The second-order valence-corrected chi connectivity index (χ2v) is 7.23. The van der Waals surface area contributed by atoms with E-state index in [1.54, 1.807) is 0 Å². The highest BCUT2D eigenvalue weighted by molar-refractivity contribution is 14.0. The van der Waals surface area contributed by atoms with Crippen molar-refractivity contribution in [2.24, 2.45) is 4.99 Å². The zero-order chi connectivity index (χ0) is 20.0. The largest absolute Gasteiger partial charge is 0.492 e. The van der Waals surface area contributed by atoms with Crippen LogP contribution in [-0.4, -0.2) is 88.9 Å². The maximum atomic E-state index is 5.81. The Hall–Kier alpha value is -1.10. The second kappa shape index (κ2) is 15.7. The van der Waals surface area contributed by atoms with E-state index in [9.17, 15) is 0 Å². The van der Waals surface area contributed by atoms with Crippen LogP contribution in [0.25, 0.3) is 0 Å². The highest BCUT2D eigenvalue weighted by atomic mass is 127. The molecule has 0 spiro atoms. The normalized spacial score (nSPS) is 15.1. The van der Waals surface area contributed by atoms with E-state index in [2.05, 4.69) is 39.5 Å². The van der Waals surface area contributed by atoms with Crippen LogP contribution in [0.2, 0.25) is 0 Å². The molecule has 1 aromatic rings. The fourth-order valence-corrected chi connectivity index (χ4v) is 2.93. The molecule has 7 nitrogen and oxygen atoms in total. The van der Waals surface area contributed by atoms with Crippen LogP contribution in [0.4, 0.5) is 0 Å². The van der Waals surface area contributed by atoms with E-state index in [-0.39, 0.29) is 24.0 Å². The minimum atomic E-state index is 0. The van der Waals surface area contributed by atoms with Crippen molar-refractivity contribution in [1.82, 2.24) is 20.4 Å². The van der Waals surface area contributed by atoms with Gasteiger partial charge in [0.05, 0.1) is 19.8 Å². The second-order valence-electron chi connectivity index (χ2n) is 7.23. The molecule has 0 unspecified atom stereocenters. The molecule has 1 aliphatic rings. The molecule has 0 bridgehead atoms. The number of benzene rings is 1. The third kappa shape index (κ3) is 11.6. The van der Waals surface area contributed by atoms with Crippen LogP contribution in [0, 0.1) is 0 Å². The van der Waals surface area contributed by atoms with E-state index < -0.39 is 0 Å². The molecule has 1 heterocycles. The third-order valence-electron chi connectivity index (χ3n) is 4.52. The van der Waals surface area contributed by atoms with Crippen LogP contribution in [0.3, 0.4) is 0 Å². The van der Waals surface area contributed by atoms with E-state index in [0.29, 0.717) is 13.2 Å². The van der Waals surface area contributed by atoms with Gasteiger partial charge in [-0.2, -0.15) is 0 Å². The molecule has 0 amide bonds. The van der Waals surface area contributed by atoms with Crippen molar-refractivity contribution >= 4 is 29.9 Å². The number of rotatable bonds is 11. The van der Waals surface area contributed by atoms with E-state index in [4.69, 9.17) is 14.5 Å². The Kier molecular flexibility index (Phi) is 14.0. The maximum Gasteiger partial charge on any atom is 0.191 e. The lowest BCUT2D eigenvalue weighted by molar-refractivity contribution is 0.0376. The number of nitrogens with one attached hydrogen (secondary N) is 2. The quantitative estimate of drug-likeness (QED) is 0.202. The monoisotopic (exact) mass is 519 g/mol. The van der Waals surface area contributed by atoms with Crippen molar-refractivity contribution in [2.45, 2.75) is 19.9 Å². The van der Waals surface area contributed by atoms with Gasteiger partial charge in [-0.1, -0.05) is 12.1 Å². The van der Waals surface area contributed by atoms with Crippen molar-refractivity contribution in [3.05, 3.63) is 29.8 Å². The molecule has 166 valence electrons. The Balaban J connectivity index is 0.00000420. The molecule has 0 saturated carbocycles. The summed E-state index contributed by atoms with van der Waals surface area (Å²) in [4.78, 5) is 9.28. The highest BCUT2D eigenvalue weighted by Crippen LogP contribution is 2.14. The van der Waals surface area contributed by atoms with E-state index in [1.807, 2.05) is 26.2 Å². The lowest BCUT2D eigenvalue weighted by atomic mass is 10.2. The fourth-order valence-electron chi connectivity index (χ4n) is 2.93. The molecule has 1 fully saturated rings. The summed E-state index contributed by atoms with van der Waals surface area (Å²) in [6, 6.07) is 8.18. The van der Waals surface area contributed by atoms with Gasteiger partial charge in [-0.15, -0.1) is 24.0 Å². The summed E-state index contributed by atoms with van der Waals surface area (Å²) in [6.07, 6.45) is 1.10. The molecule has 2 rings (SSSR count).